The molecule has 1 heterocycles. The summed E-state index contributed by atoms with van der Waals surface area (Å²) in [5, 5.41) is 3.55. The van der Waals surface area contributed by atoms with Crippen LogP contribution in [0.5, 0.6) is 0 Å². The predicted octanol–water partition coefficient (Wildman–Crippen LogP) is 4.33. The fourth-order valence-electron chi connectivity index (χ4n) is 3.43. The second-order valence-corrected chi connectivity index (χ2v) is 6.75. The van der Waals surface area contributed by atoms with Gasteiger partial charge in [0, 0.05) is 18.2 Å². The Morgan fingerprint density at radius 3 is 2.81 bits per heavy atom. The average Bonchev–Trinajstić information content (AvgIpc) is 3.27. The van der Waals surface area contributed by atoms with E-state index in [-0.39, 0.29) is 0 Å². The zero-order chi connectivity index (χ0) is 14.7. The number of hydrogen-bond donors (Lipinski definition) is 1. The number of ether oxygens (including phenoxy) is 1. The molecule has 3 heteroatoms. The molecule has 2 unspecified atom stereocenters. The van der Waals surface area contributed by atoms with Crippen LogP contribution in [-0.2, 0) is 17.9 Å². The van der Waals surface area contributed by atoms with Crippen molar-refractivity contribution in [2.45, 2.75) is 84.1 Å². The van der Waals surface area contributed by atoms with Crippen molar-refractivity contribution >= 4 is 0 Å². The molecule has 21 heavy (non-hydrogen) atoms. The third-order valence-corrected chi connectivity index (χ3v) is 5.03. The van der Waals surface area contributed by atoms with Gasteiger partial charge >= 0.3 is 0 Å². The maximum absolute atomic E-state index is 6.16. The number of nitrogens with one attached hydrogen (secondary N) is 1. The molecule has 2 fully saturated rings. The van der Waals surface area contributed by atoms with E-state index in [4.69, 9.17) is 9.15 Å². The van der Waals surface area contributed by atoms with E-state index in [1.54, 1.807) is 0 Å². The molecule has 0 aromatic carbocycles. The second-order valence-electron chi connectivity index (χ2n) is 6.75. The maximum atomic E-state index is 6.16. The summed E-state index contributed by atoms with van der Waals surface area (Å²) in [6.45, 7) is 5.90. The van der Waals surface area contributed by atoms with E-state index >= 15 is 0 Å². The van der Waals surface area contributed by atoms with Crippen LogP contribution in [0.25, 0.3) is 0 Å². The van der Waals surface area contributed by atoms with Crippen molar-refractivity contribution in [3.05, 3.63) is 23.2 Å². The molecular formula is C18H29NO2. The SMILES string of the molecule is CCC1CCCCC1OCc1cc(CNC2CC2)c(C)o1. The molecule has 118 valence electrons. The van der Waals surface area contributed by atoms with Crippen LogP contribution in [0, 0.1) is 12.8 Å². The topological polar surface area (TPSA) is 34.4 Å². The van der Waals surface area contributed by atoms with Gasteiger partial charge in [-0.05, 0) is 44.6 Å². The maximum Gasteiger partial charge on any atom is 0.130 e. The third kappa shape index (κ3) is 4.10. The zero-order valence-corrected chi connectivity index (χ0v) is 13.5. The van der Waals surface area contributed by atoms with Crippen LogP contribution < -0.4 is 5.32 Å². The number of rotatable bonds is 7. The Morgan fingerprint density at radius 1 is 1.24 bits per heavy atom. The van der Waals surface area contributed by atoms with Crippen molar-refractivity contribution in [3.63, 3.8) is 0 Å². The van der Waals surface area contributed by atoms with Gasteiger partial charge in [-0.3, -0.25) is 0 Å². The van der Waals surface area contributed by atoms with Gasteiger partial charge in [0.05, 0.1) is 6.10 Å². The van der Waals surface area contributed by atoms with Crippen molar-refractivity contribution < 1.29 is 9.15 Å². The summed E-state index contributed by atoms with van der Waals surface area (Å²) in [4.78, 5) is 0. The van der Waals surface area contributed by atoms with E-state index in [9.17, 15) is 0 Å². The molecule has 2 aliphatic rings. The molecule has 0 amide bonds. The highest BCUT2D eigenvalue weighted by molar-refractivity contribution is 5.20. The minimum absolute atomic E-state index is 0.433. The monoisotopic (exact) mass is 291 g/mol. The van der Waals surface area contributed by atoms with Crippen LogP contribution in [-0.4, -0.2) is 12.1 Å². The number of hydrogen-bond acceptors (Lipinski definition) is 3. The zero-order valence-electron chi connectivity index (χ0n) is 13.5. The first-order valence-electron chi connectivity index (χ1n) is 8.69. The quantitative estimate of drug-likeness (QED) is 0.812. The molecule has 2 aliphatic carbocycles. The van der Waals surface area contributed by atoms with Crippen molar-refractivity contribution in [1.29, 1.82) is 0 Å². The van der Waals surface area contributed by atoms with Crippen LogP contribution in [0.1, 0.15) is 69.0 Å². The summed E-state index contributed by atoms with van der Waals surface area (Å²) in [5.74, 6) is 2.77. The largest absolute Gasteiger partial charge is 0.464 e. The van der Waals surface area contributed by atoms with Gasteiger partial charge in [-0.1, -0.05) is 26.2 Å². The van der Waals surface area contributed by atoms with Gasteiger partial charge in [0.2, 0.25) is 0 Å². The molecule has 0 saturated heterocycles. The van der Waals surface area contributed by atoms with Gasteiger partial charge in [-0.25, -0.2) is 0 Å². The van der Waals surface area contributed by atoms with E-state index in [0.29, 0.717) is 12.7 Å². The molecule has 0 aliphatic heterocycles. The van der Waals surface area contributed by atoms with E-state index in [1.165, 1.54) is 50.5 Å². The Bertz CT molecular complexity index is 450. The molecule has 1 aromatic rings. The average molecular weight is 291 g/mol. The summed E-state index contributed by atoms with van der Waals surface area (Å²) < 4.78 is 12.0. The lowest BCUT2D eigenvalue weighted by Gasteiger charge is -2.30. The number of aryl methyl sites for hydroxylation is 1. The van der Waals surface area contributed by atoms with E-state index in [0.717, 1.165) is 30.0 Å². The fourth-order valence-corrected chi connectivity index (χ4v) is 3.43. The highest BCUT2D eigenvalue weighted by Gasteiger charge is 2.25. The van der Waals surface area contributed by atoms with Gasteiger partial charge in [-0.2, -0.15) is 0 Å². The lowest BCUT2D eigenvalue weighted by molar-refractivity contribution is -0.0285. The lowest BCUT2D eigenvalue weighted by atomic mass is 9.85. The summed E-state index contributed by atoms with van der Waals surface area (Å²) in [6, 6.07) is 2.92. The van der Waals surface area contributed by atoms with Gasteiger partial charge in [-0.15, -0.1) is 0 Å². The molecule has 1 aromatic heterocycles. The highest BCUT2D eigenvalue weighted by atomic mass is 16.5. The van der Waals surface area contributed by atoms with Crippen LogP contribution in [0.4, 0.5) is 0 Å². The molecule has 3 rings (SSSR count). The summed E-state index contributed by atoms with van der Waals surface area (Å²) in [5.41, 5.74) is 1.29. The normalized spacial score (nSPS) is 26.2. The Balaban J connectivity index is 1.50. The van der Waals surface area contributed by atoms with E-state index in [1.807, 2.05) is 0 Å². The first-order valence-corrected chi connectivity index (χ1v) is 8.69. The van der Waals surface area contributed by atoms with Crippen molar-refractivity contribution in [2.75, 3.05) is 0 Å². The van der Waals surface area contributed by atoms with Crippen molar-refractivity contribution in [2.24, 2.45) is 5.92 Å². The first-order chi connectivity index (χ1) is 10.3. The van der Waals surface area contributed by atoms with Gasteiger partial charge in [0.1, 0.15) is 18.1 Å². The number of furan rings is 1. The molecule has 2 saturated carbocycles. The Morgan fingerprint density at radius 2 is 2.05 bits per heavy atom. The molecule has 0 spiro atoms. The first kappa shape index (κ1) is 15.1. The lowest BCUT2D eigenvalue weighted by Crippen LogP contribution is -2.27. The Kier molecular flexibility index (Phi) is 5.02. The van der Waals surface area contributed by atoms with E-state index in [2.05, 4.69) is 25.2 Å². The fraction of sp³-hybridized carbons (Fsp3) is 0.778. The van der Waals surface area contributed by atoms with Gasteiger partial charge in [0.15, 0.2) is 0 Å². The van der Waals surface area contributed by atoms with Crippen molar-refractivity contribution in [3.8, 4) is 0 Å². The summed E-state index contributed by atoms with van der Waals surface area (Å²) in [6.07, 6.45) is 9.55. The summed E-state index contributed by atoms with van der Waals surface area (Å²) >= 11 is 0. The second kappa shape index (κ2) is 6.97. The molecule has 2 atom stereocenters. The Labute approximate surface area is 128 Å². The molecule has 0 bridgehead atoms. The van der Waals surface area contributed by atoms with Crippen LogP contribution in [0.3, 0.4) is 0 Å². The van der Waals surface area contributed by atoms with Crippen LogP contribution >= 0.6 is 0 Å². The smallest absolute Gasteiger partial charge is 0.130 e. The van der Waals surface area contributed by atoms with E-state index < -0.39 is 0 Å². The van der Waals surface area contributed by atoms with Crippen LogP contribution in [0.2, 0.25) is 0 Å². The minimum atomic E-state index is 0.433. The molecule has 0 radical (unpaired) electrons. The van der Waals surface area contributed by atoms with Crippen LogP contribution in [0.15, 0.2) is 10.5 Å². The molecule has 3 nitrogen and oxygen atoms in total. The van der Waals surface area contributed by atoms with Gasteiger partial charge < -0.3 is 14.5 Å². The predicted molar refractivity (Wildman–Crippen MR) is 84.1 cm³/mol. The molecule has 1 N–H and O–H groups in total. The minimum Gasteiger partial charge on any atom is -0.464 e. The Hall–Kier alpha value is -0.800. The highest BCUT2D eigenvalue weighted by Crippen LogP contribution is 2.30. The summed E-state index contributed by atoms with van der Waals surface area (Å²) in [7, 11) is 0. The molecular weight excluding hydrogens is 262 g/mol. The van der Waals surface area contributed by atoms with Crippen molar-refractivity contribution in [1.82, 2.24) is 5.32 Å². The standard InChI is InChI=1S/C18H29NO2/c1-3-14-6-4-5-7-18(14)20-12-17-10-15(13(2)21-17)11-19-16-8-9-16/h10,14,16,18-19H,3-9,11-12H2,1-2H3. The van der Waals surface area contributed by atoms with Gasteiger partial charge in [0.25, 0.3) is 0 Å². The third-order valence-electron chi connectivity index (χ3n) is 5.03.